The Hall–Kier alpha value is -2.75. The number of methoxy groups -OCH3 is 1. The Bertz CT molecular complexity index is 1380. The lowest BCUT2D eigenvalue weighted by Gasteiger charge is -2.49. The molecule has 0 atom stereocenters. The summed E-state index contributed by atoms with van der Waals surface area (Å²) in [6, 6.07) is 7.74. The number of carbonyl (C=O) groups is 1. The smallest absolute Gasteiger partial charge is 0.416 e. The Morgan fingerprint density at radius 3 is 2.51 bits per heavy atom. The molecule has 39 heavy (non-hydrogen) atoms. The SMILES string of the molecule is COC(=O)c1c(C[N+]2(C3CCNCC3)CCCCC2)c(-c2cccc(C(F)(F)F)c2)nc2cc(Cl)c(F)cc12. The van der Waals surface area contributed by atoms with Crippen molar-refractivity contribution < 1.29 is 31.6 Å². The summed E-state index contributed by atoms with van der Waals surface area (Å²) in [4.78, 5) is 18.1. The highest BCUT2D eigenvalue weighted by Gasteiger charge is 2.41. The molecule has 208 valence electrons. The molecule has 1 aromatic heterocycles. The maximum Gasteiger partial charge on any atom is 0.416 e. The molecular weight excluding hydrogens is 534 g/mol. The lowest BCUT2D eigenvalue weighted by molar-refractivity contribution is -0.968. The van der Waals surface area contributed by atoms with E-state index in [1.807, 2.05) is 0 Å². The van der Waals surface area contributed by atoms with E-state index in [1.165, 1.54) is 25.3 Å². The topological polar surface area (TPSA) is 51.2 Å². The molecule has 0 spiro atoms. The molecule has 0 unspecified atom stereocenters. The molecular formula is C29H31ClF4N3O2+. The number of ether oxygens (including phenoxy) is 1. The van der Waals surface area contributed by atoms with Crippen molar-refractivity contribution in [1.82, 2.24) is 10.3 Å². The van der Waals surface area contributed by atoms with Crippen LogP contribution in [0.25, 0.3) is 22.2 Å². The second kappa shape index (κ2) is 11.0. The van der Waals surface area contributed by atoms with Gasteiger partial charge in [-0.1, -0.05) is 23.7 Å². The van der Waals surface area contributed by atoms with Crippen LogP contribution in [0.15, 0.2) is 36.4 Å². The standard InChI is InChI=1S/C29H31ClF4N3O2/c1-39-28(38)26-21-15-24(31)23(30)16-25(21)36-27(18-6-5-7-19(14-18)29(32,33)34)22(26)17-37(12-3-2-4-13-37)20-8-10-35-11-9-20/h5-7,14-16,20,35H,2-4,8-13,17H2,1H3/q+1. The van der Waals surface area contributed by atoms with Crippen LogP contribution in [0.1, 0.15) is 53.6 Å². The first-order valence-electron chi connectivity index (χ1n) is 13.3. The van der Waals surface area contributed by atoms with Crippen LogP contribution >= 0.6 is 11.6 Å². The van der Waals surface area contributed by atoms with E-state index in [9.17, 15) is 22.4 Å². The van der Waals surface area contributed by atoms with Gasteiger partial charge in [0.25, 0.3) is 0 Å². The van der Waals surface area contributed by atoms with Crippen LogP contribution in [0.5, 0.6) is 0 Å². The first kappa shape index (κ1) is 27.8. The summed E-state index contributed by atoms with van der Waals surface area (Å²) in [5.41, 5.74) is 0.495. The van der Waals surface area contributed by atoms with E-state index in [2.05, 4.69) is 5.32 Å². The van der Waals surface area contributed by atoms with E-state index in [0.29, 0.717) is 22.6 Å². The number of rotatable bonds is 5. The Kier molecular flexibility index (Phi) is 7.86. The molecule has 5 rings (SSSR count). The molecule has 0 aliphatic carbocycles. The van der Waals surface area contributed by atoms with Crippen LogP contribution in [-0.4, -0.2) is 54.8 Å². The molecule has 0 radical (unpaired) electrons. The quantitative estimate of drug-likeness (QED) is 0.211. The van der Waals surface area contributed by atoms with Gasteiger partial charge in [-0.3, -0.25) is 0 Å². The number of benzene rings is 2. The number of nitrogens with one attached hydrogen (secondary N) is 1. The van der Waals surface area contributed by atoms with Gasteiger partial charge in [-0.2, -0.15) is 13.2 Å². The van der Waals surface area contributed by atoms with Crippen LogP contribution in [0.3, 0.4) is 0 Å². The fourth-order valence-electron chi connectivity index (χ4n) is 6.33. The van der Waals surface area contributed by atoms with E-state index < -0.39 is 23.5 Å². The first-order valence-corrected chi connectivity index (χ1v) is 13.6. The second-order valence-electron chi connectivity index (χ2n) is 10.5. The van der Waals surface area contributed by atoms with Crippen molar-refractivity contribution in [2.24, 2.45) is 0 Å². The second-order valence-corrected chi connectivity index (χ2v) is 10.9. The molecule has 1 N–H and O–H groups in total. The van der Waals surface area contributed by atoms with E-state index >= 15 is 0 Å². The Morgan fingerprint density at radius 2 is 1.85 bits per heavy atom. The number of nitrogens with zero attached hydrogens (tertiary/aromatic N) is 2. The summed E-state index contributed by atoms with van der Waals surface area (Å²) in [7, 11) is 1.24. The number of fused-ring (bicyclic) bond motifs is 1. The Balaban J connectivity index is 1.80. The highest BCUT2D eigenvalue weighted by atomic mass is 35.5. The van der Waals surface area contributed by atoms with Gasteiger partial charge in [-0.05, 0) is 43.5 Å². The molecule has 2 fully saturated rings. The van der Waals surface area contributed by atoms with Crippen LogP contribution < -0.4 is 5.32 Å². The van der Waals surface area contributed by atoms with Gasteiger partial charge in [-0.25, -0.2) is 14.2 Å². The van der Waals surface area contributed by atoms with Crippen LogP contribution in [0, 0.1) is 5.82 Å². The van der Waals surface area contributed by atoms with Crippen molar-refractivity contribution in [1.29, 1.82) is 0 Å². The molecule has 0 amide bonds. The van der Waals surface area contributed by atoms with E-state index in [0.717, 1.165) is 70.4 Å². The number of likely N-dealkylation sites (tertiary alicyclic amines) is 1. The molecule has 0 saturated carbocycles. The van der Waals surface area contributed by atoms with Crippen molar-refractivity contribution in [2.45, 2.75) is 50.9 Å². The maximum atomic E-state index is 14.7. The molecule has 10 heteroatoms. The van der Waals surface area contributed by atoms with Gasteiger partial charge in [-0.15, -0.1) is 0 Å². The number of halogens is 5. The van der Waals surface area contributed by atoms with Crippen LogP contribution in [0.4, 0.5) is 17.6 Å². The van der Waals surface area contributed by atoms with Crippen molar-refractivity contribution in [2.75, 3.05) is 33.3 Å². The third-order valence-corrected chi connectivity index (χ3v) is 8.53. The summed E-state index contributed by atoms with van der Waals surface area (Å²) >= 11 is 6.07. The summed E-state index contributed by atoms with van der Waals surface area (Å²) in [6.45, 7) is 3.93. The van der Waals surface area contributed by atoms with Crippen LogP contribution in [0.2, 0.25) is 5.02 Å². The van der Waals surface area contributed by atoms with Crippen molar-refractivity contribution in [3.05, 3.63) is 63.9 Å². The first-order chi connectivity index (χ1) is 18.6. The van der Waals surface area contributed by atoms with Gasteiger partial charge < -0.3 is 14.5 Å². The zero-order chi connectivity index (χ0) is 27.8. The van der Waals surface area contributed by atoms with Crippen molar-refractivity contribution >= 4 is 28.5 Å². The van der Waals surface area contributed by atoms with E-state index in [1.54, 1.807) is 6.07 Å². The molecule has 3 heterocycles. The van der Waals surface area contributed by atoms with Crippen molar-refractivity contribution in [3.63, 3.8) is 0 Å². The highest BCUT2D eigenvalue weighted by molar-refractivity contribution is 6.31. The zero-order valence-corrected chi connectivity index (χ0v) is 22.5. The van der Waals surface area contributed by atoms with Gasteiger partial charge in [0.15, 0.2) is 0 Å². The summed E-state index contributed by atoms with van der Waals surface area (Å²) in [5.74, 6) is -1.40. The highest BCUT2D eigenvalue weighted by Crippen LogP contribution is 2.40. The Labute approximate surface area is 229 Å². The fraction of sp³-hybridized carbons (Fsp3) is 0.448. The monoisotopic (exact) mass is 564 g/mol. The third-order valence-electron chi connectivity index (χ3n) is 8.24. The third kappa shape index (κ3) is 5.49. The predicted octanol–water partition coefficient (Wildman–Crippen LogP) is 6.75. The van der Waals surface area contributed by atoms with Gasteiger partial charge in [0.1, 0.15) is 12.4 Å². The van der Waals surface area contributed by atoms with Gasteiger partial charge in [0.2, 0.25) is 0 Å². The molecule has 5 nitrogen and oxygen atoms in total. The number of quaternary nitrogens is 1. The summed E-state index contributed by atoms with van der Waals surface area (Å²) in [6.07, 6.45) is 0.494. The zero-order valence-electron chi connectivity index (χ0n) is 21.7. The average Bonchev–Trinajstić information content (AvgIpc) is 2.94. The van der Waals surface area contributed by atoms with Gasteiger partial charge >= 0.3 is 12.1 Å². The van der Waals surface area contributed by atoms with Gasteiger partial charge in [0, 0.05) is 42.4 Å². The summed E-state index contributed by atoms with van der Waals surface area (Å²) in [5, 5.41) is 3.45. The Morgan fingerprint density at radius 1 is 1.13 bits per heavy atom. The largest absolute Gasteiger partial charge is 0.465 e. The van der Waals surface area contributed by atoms with Gasteiger partial charge in [0.05, 0.1) is 53.6 Å². The lowest BCUT2D eigenvalue weighted by Crippen LogP contribution is -2.60. The minimum Gasteiger partial charge on any atom is -0.465 e. The predicted molar refractivity (Wildman–Crippen MR) is 142 cm³/mol. The van der Waals surface area contributed by atoms with Crippen LogP contribution in [-0.2, 0) is 17.5 Å². The molecule has 3 aromatic rings. The number of hydrogen-bond acceptors (Lipinski definition) is 4. The summed E-state index contributed by atoms with van der Waals surface area (Å²) < 4.78 is 61.7. The molecule has 0 bridgehead atoms. The number of alkyl halides is 3. The van der Waals surface area contributed by atoms with E-state index in [-0.39, 0.29) is 32.7 Å². The minimum absolute atomic E-state index is 0.127. The molecule has 2 saturated heterocycles. The number of esters is 1. The minimum atomic E-state index is -4.56. The normalized spacial score (nSPS) is 18.3. The van der Waals surface area contributed by atoms with Crippen molar-refractivity contribution in [3.8, 4) is 11.3 Å². The fourth-order valence-corrected chi connectivity index (χ4v) is 6.49. The number of aromatic nitrogens is 1. The number of carbonyl (C=O) groups excluding carboxylic acids is 1. The lowest BCUT2D eigenvalue weighted by atomic mass is 9.90. The molecule has 2 aliphatic rings. The number of hydrogen-bond donors (Lipinski definition) is 1. The van der Waals surface area contributed by atoms with E-state index in [4.69, 9.17) is 21.3 Å². The number of piperidine rings is 2. The average molecular weight is 565 g/mol. The maximum absolute atomic E-state index is 14.7. The molecule has 2 aromatic carbocycles. The number of pyridine rings is 1. The molecule has 2 aliphatic heterocycles.